The van der Waals surface area contributed by atoms with Crippen LogP contribution in [0.3, 0.4) is 0 Å². The van der Waals surface area contributed by atoms with E-state index in [9.17, 15) is 4.79 Å². The number of likely N-dealkylation sites (tertiary alicyclic amines) is 1. The summed E-state index contributed by atoms with van der Waals surface area (Å²) in [5, 5.41) is 0. The summed E-state index contributed by atoms with van der Waals surface area (Å²) in [4.78, 5) is 13.3. The molecule has 4 heteroatoms. The molecular weight excluding hydrogens is 218 g/mol. The van der Waals surface area contributed by atoms with Crippen molar-refractivity contribution in [3.63, 3.8) is 0 Å². The molecule has 1 aromatic heterocycles. The monoisotopic (exact) mass is 238 g/mol. The average Bonchev–Trinajstić information content (AvgIpc) is 2.79. The summed E-state index contributed by atoms with van der Waals surface area (Å²) in [5.41, 5.74) is 0. The summed E-state index contributed by atoms with van der Waals surface area (Å²) in [7, 11) is 2.19. The number of quaternary nitrogens is 1. The molecule has 1 unspecified atom stereocenters. The van der Waals surface area contributed by atoms with Gasteiger partial charge in [0.15, 0.2) is 0 Å². The highest BCUT2D eigenvalue weighted by Gasteiger charge is 2.34. The largest absolute Gasteiger partial charge is 0.457 e. The lowest BCUT2D eigenvalue weighted by molar-refractivity contribution is -0.914. The molecule has 1 fully saturated rings. The van der Waals surface area contributed by atoms with Crippen molar-refractivity contribution in [1.82, 2.24) is 0 Å². The molecule has 0 amide bonds. The maximum atomic E-state index is 11.8. The van der Waals surface area contributed by atoms with E-state index >= 15 is 0 Å². The van der Waals surface area contributed by atoms with Crippen LogP contribution in [-0.4, -0.2) is 31.7 Å². The second-order valence-corrected chi connectivity index (χ2v) is 5.09. The Labute approximate surface area is 102 Å². The van der Waals surface area contributed by atoms with Crippen molar-refractivity contribution in [2.24, 2.45) is 5.92 Å². The number of esters is 1. The van der Waals surface area contributed by atoms with Crippen molar-refractivity contribution >= 4 is 5.97 Å². The lowest BCUT2D eigenvalue weighted by Gasteiger charge is -2.36. The number of ether oxygens (including phenoxy) is 1. The van der Waals surface area contributed by atoms with Gasteiger partial charge < -0.3 is 14.1 Å². The third-order valence-electron chi connectivity index (χ3n) is 3.69. The molecule has 0 radical (unpaired) electrons. The lowest BCUT2D eigenvalue weighted by Crippen LogP contribution is -3.14. The van der Waals surface area contributed by atoms with Crippen molar-refractivity contribution in [3.05, 3.63) is 24.2 Å². The van der Waals surface area contributed by atoms with Gasteiger partial charge in [0, 0.05) is 12.3 Å². The van der Waals surface area contributed by atoms with Crippen LogP contribution in [0.25, 0.3) is 0 Å². The van der Waals surface area contributed by atoms with E-state index < -0.39 is 0 Å². The predicted octanol–water partition coefficient (Wildman–Crippen LogP) is 0.748. The SMILES string of the molecule is C[C@@H]1C[NH+](C)[C@H](C)C[C@@H]1OC(=O)c1ccco1. The molecule has 2 rings (SSSR count). The van der Waals surface area contributed by atoms with E-state index in [0.717, 1.165) is 13.0 Å². The fourth-order valence-corrected chi connectivity index (χ4v) is 2.38. The smallest absolute Gasteiger partial charge is 0.374 e. The van der Waals surface area contributed by atoms with Gasteiger partial charge in [-0.15, -0.1) is 0 Å². The third kappa shape index (κ3) is 2.69. The number of carbonyl (C=O) groups excluding carboxylic acids is 1. The Kier molecular flexibility index (Phi) is 3.52. The van der Waals surface area contributed by atoms with Crippen molar-refractivity contribution < 1.29 is 18.8 Å². The first kappa shape index (κ1) is 12.2. The van der Waals surface area contributed by atoms with Gasteiger partial charge in [0.05, 0.1) is 25.9 Å². The number of hydrogen-bond acceptors (Lipinski definition) is 3. The molecule has 0 bridgehead atoms. The summed E-state index contributed by atoms with van der Waals surface area (Å²) in [5.74, 6) is 0.333. The summed E-state index contributed by atoms with van der Waals surface area (Å²) < 4.78 is 10.6. The van der Waals surface area contributed by atoms with E-state index in [0.29, 0.717) is 12.0 Å². The van der Waals surface area contributed by atoms with Crippen LogP contribution < -0.4 is 4.90 Å². The van der Waals surface area contributed by atoms with Gasteiger partial charge in [-0.1, -0.05) is 6.92 Å². The number of furan rings is 1. The molecule has 0 spiro atoms. The molecule has 0 aliphatic carbocycles. The highest BCUT2D eigenvalue weighted by molar-refractivity contribution is 5.86. The molecule has 2 heterocycles. The van der Waals surface area contributed by atoms with Crippen molar-refractivity contribution in [2.75, 3.05) is 13.6 Å². The molecule has 0 aromatic carbocycles. The molecule has 4 nitrogen and oxygen atoms in total. The van der Waals surface area contributed by atoms with Crippen molar-refractivity contribution in [3.8, 4) is 0 Å². The molecule has 1 aliphatic rings. The van der Waals surface area contributed by atoms with Gasteiger partial charge in [0.1, 0.15) is 6.10 Å². The number of hydrogen-bond donors (Lipinski definition) is 1. The van der Waals surface area contributed by atoms with Gasteiger partial charge in [-0.05, 0) is 19.1 Å². The fraction of sp³-hybridized carbons (Fsp3) is 0.615. The number of rotatable bonds is 2. The van der Waals surface area contributed by atoms with E-state index in [-0.39, 0.29) is 17.8 Å². The first-order chi connectivity index (χ1) is 8.08. The molecule has 0 saturated carbocycles. The van der Waals surface area contributed by atoms with E-state index in [1.165, 1.54) is 11.2 Å². The summed E-state index contributed by atoms with van der Waals surface area (Å²) in [6.45, 7) is 5.36. The average molecular weight is 238 g/mol. The standard InChI is InChI=1S/C13H19NO3/c1-9-8-14(3)10(2)7-12(9)17-13(15)11-5-4-6-16-11/h4-6,9-10,12H,7-8H2,1-3H3/p+1/t9-,10-,12+/m1/s1. The van der Waals surface area contributed by atoms with Gasteiger partial charge >= 0.3 is 5.97 Å². The fourth-order valence-electron chi connectivity index (χ4n) is 2.38. The molecule has 1 aromatic rings. The van der Waals surface area contributed by atoms with E-state index in [4.69, 9.17) is 9.15 Å². The Balaban J connectivity index is 1.97. The van der Waals surface area contributed by atoms with Crippen LogP contribution in [-0.2, 0) is 4.74 Å². The molecule has 1 N–H and O–H groups in total. The predicted molar refractivity (Wildman–Crippen MR) is 62.9 cm³/mol. The van der Waals surface area contributed by atoms with Crippen LogP contribution in [0, 0.1) is 5.92 Å². The van der Waals surface area contributed by atoms with Crippen LogP contribution in [0.5, 0.6) is 0 Å². The number of carbonyl (C=O) groups is 1. The quantitative estimate of drug-likeness (QED) is 0.773. The van der Waals surface area contributed by atoms with Crippen LogP contribution >= 0.6 is 0 Å². The minimum atomic E-state index is -0.349. The molecule has 94 valence electrons. The minimum absolute atomic E-state index is 0.00583. The maximum absolute atomic E-state index is 11.8. The zero-order valence-electron chi connectivity index (χ0n) is 10.6. The number of nitrogens with one attached hydrogen (secondary N) is 1. The lowest BCUT2D eigenvalue weighted by atomic mass is 9.92. The Bertz CT molecular complexity index is 374. The molecule has 1 aliphatic heterocycles. The van der Waals surface area contributed by atoms with E-state index in [1.54, 1.807) is 12.1 Å². The first-order valence-electron chi connectivity index (χ1n) is 6.14. The van der Waals surface area contributed by atoms with Gasteiger partial charge in [-0.3, -0.25) is 0 Å². The molecule has 4 atom stereocenters. The second-order valence-electron chi connectivity index (χ2n) is 5.09. The Morgan fingerprint density at radius 1 is 1.53 bits per heavy atom. The Morgan fingerprint density at radius 2 is 2.29 bits per heavy atom. The van der Waals surface area contributed by atoms with Crippen molar-refractivity contribution in [2.45, 2.75) is 32.4 Å². The highest BCUT2D eigenvalue weighted by atomic mass is 16.6. The normalized spacial score (nSPS) is 33.4. The summed E-state index contributed by atoms with van der Waals surface area (Å²) >= 11 is 0. The van der Waals surface area contributed by atoms with Crippen LogP contribution in [0.2, 0.25) is 0 Å². The molecule has 17 heavy (non-hydrogen) atoms. The van der Waals surface area contributed by atoms with Gasteiger partial charge in [-0.2, -0.15) is 0 Å². The van der Waals surface area contributed by atoms with Crippen LogP contribution in [0.1, 0.15) is 30.8 Å². The topological polar surface area (TPSA) is 43.9 Å². The Hall–Kier alpha value is -1.29. The highest BCUT2D eigenvalue weighted by Crippen LogP contribution is 2.17. The van der Waals surface area contributed by atoms with E-state index in [1.807, 2.05) is 0 Å². The minimum Gasteiger partial charge on any atom is -0.457 e. The third-order valence-corrected chi connectivity index (χ3v) is 3.69. The van der Waals surface area contributed by atoms with Crippen molar-refractivity contribution in [1.29, 1.82) is 0 Å². The Morgan fingerprint density at radius 3 is 2.94 bits per heavy atom. The van der Waals surface area contributed by atoms with Crippen LogP contribution in [0.15, 0.2) is 22.8 Å². The zero-order valence-corrected chi connectivity index (χ0v) is 10.6. The summed E-state index contributed by atoms with van der Waals surface area (Å²) in [6, 6.07) is 3.86. The number of piperidine rings is 1. The molecule has 1 saturated heterocycles. The molecular formula is C13H20NO3+. The zero-order chi connectivity index (χ0) is 12.4. The first-order valence-corrected chi connectivity index (χ1v) is 6.14. The summed E-state index contributed by atoms with van der Waals surface area (Å²) in [6.07, 6.45) is 2.41. The second kappa shape index (κ2) is 4.92. The van der Waals surface area contributed by atoms with Crippen LogP contribution in [0.4, 0.5) is 0 Å². The van der Waals surface area contributed by atoms with E-state index in [2.05, 4.69) is 20.9 Å². The van der Waals surface area contributed by atoms with Gasteiger partial charge in [0.25, 0.3) is 0 Å². The maximum Gasteiger partial charge on any atom is 0.374 e. The van der Waals surface area contributed by atoms with Gasteiger partial charge in [0.2, 0.25) is 5.76 Å². The van der Waals surface area contributed by atoms with Gasteiger partial charge in [-0.25, -0.2) is 4.79 Å².